The Morgan fingerprint density at radius 2 is 0.303 bits per heavy atom. The fraction of sp³-hybridized carbons (Fsp3) is 0. The minimum Gasteiger partial charge on any atom is -0.311 e. The number of para-hydroxylation sites is 4. The molecule has 0 saturated heterocycles. The largest absolute Gasteiger partial charge is 0.311 e. The molecule has 0 fully saturated rings. The zero-order chi connectivity index (χ0) is 50.9. The van der Waals surface area contributed by atoms with Crippen molar-refractivity contribution in [1.82, 2.24) is 0 Å². The van der Waals surface area contributed by atoms with Gasteiger partial charge >= 0.3 is 0 Å². The van der Waals surface area contributed by atoms with Crippen LogP contribution in [0.25, 0.3) is 55.7 Å². The van der Waals surface area contributed by atoms with Crippen molar-refractivity contribution in [2.75, 3.05) is 9.80 Å². The van der Waals surface area contributed by atoms with Crippen LogP contribution >= 0.6 is 0 Å². The Balaban J connectivity index is 1.02. The van der Waals surface area contributed by atoms with E-state index in [0.717, 1.165) is 78.7 Å². The molecule has 0 saturated carbocycles. The number of hydrogen-bond donors (Lipinski definition) is 0. The summed E-state index contributed by atoms with van der Waals surface area (Å²) >= 11 is 0. The molecular weight excluding hydrogens is 917 g/mol. The third-order valence-electron chi connectivity index (χ3n) is 14.1. The first kappa shape index (κ1) is 47.0. The normalized spacial score (nSPS) is 10.9. The highest BCUT2D eigenvalue weighted by molar-refractivity contribution is 6.05. The molecule has 360 valence electrons. The summed E-state index contributed by atoms with van der Waals surface area (Å²) in [7, 11) is 0. The van der Waals surface area contributed by atoms with E-state index in [1.807, 2.05) is 0 Å². The summed E-state index contributed by atoms with van der Waals surface area (Å²) in [4.78, 5) is 4.64. The maximum Gasteiger partial charge on any atom is 0.0462 e. The molecule has 0 aliphatic heterocycles. The second kappa shape index (κ2) is 22.0. The average molecular weight is 971 g/mol. The number of benzene rings is 12. The van der Waals surface area contributed by atoms with Crippen molar-refractivity contribution in [1.29, 1.82) is 0 Å². The summed E-state index contributed by atoms with van der Waals surface area (Å²) in [6.07, 6.45) is 0. The fourth-order valence-corrected chi connectivity index (χ4v) is 10.3. The SMILES string of the molecule is c1ccc(-c2ccc(-c3ccc(C(=C(c4ccc(N(c5ccccc5)c5ccccc5)cc4)c4ccc(N(c5ccccc5)c5ccccc5)cc4)c4ccc(-c5ccc(-c6ccccc6)cc5)cc4)cc3)cc2)cc1. The van der Waals surface area contributed by atoms with Crippen LogP contribution in [0.4, 0.5) is 34.1 Å². The van der Waals surface area contributed by atoms with E-state index in [1.54, 1.807) is 0 Å². The first-order valence-corrected chi connectivity index (χ1v) is 26.0. The molecule has 0 amide bonds. The van der Waals surface area contributed by atoms with Crippen LogP contribution in [-0.2, 0) is 0 Å². The van der Waals surface area contributed by atoms with Gasteiger partial charge in [-0.15, -0.1) is 0 Å². The van der Waals surface area contributed by atoms with E-state index in [2.05, 4.69) is 337 Å². The number of rotatable bonds is 14. The lowest BCUT2D eigenvalue weighted by Gasteiger charge is -2.27. The van der Waals surface area contributed by atoms with Gasteiger partial charge in [-0.3, -0.25) is 0 Å². The maximum atomic E-state index is 2.32. The van der Waals surface area contributed by atoms with Gasteiger partial charge in [0, 0.05) is 34.1 Å². The predicted octanol–water partition coefficient (Wildman–Crippen LogP) is 20.3. The minimum absolute atomic E-state index is 1.07. The lowest BCUT2D eigenvalue weighted by molar-refractivity contribution is 1.28. The molecule has 12 aromatic rings. The van der Waals surface area contributed by atoms with Gasteiger partial charge in [-0.2, -0.15) is 0 Å². The van der Waals surface area contributed by atoms with Crippen LogP contribution < -0.4 is 9.80 Å². The van der Waals surface area contributed by atoms with E-state index in [1.165, 1.54) is 33.4 Å². The molecule has 0 bridgehead atoms. The Hall–Kier alpha value is -10.0. The van der Waals surface area contributed by atoms with Crippen molar-refractivity contribution in [3.63, 3.8) is 0 Å². The summed E-state index contributed by atoms with van der Waals surface area (Å²) in [6, 6.07) is 118. The molecule has 2 nitrogen and oxygen atoms in total. The van der Waals surface area contributed by atoms with Crippen molar-refractivity contribution in [2.45, 2.75) is 0 Å². The molecule has 76 heavy (non-hydrogen) atoms. The van der Waals surface area contributed by atoms with Gasteiger partial charge in [-0.05, 0) is 151 Å². The third kappa shape index (κ3) is 10.2. The number of hydrogen-bond acceptors (Lipinski definition) is 2. The summed E-state index contributed by atoms with van der Waals surface area (Å²) < 4.78 is 0. The molecule has 0 aliphatic rings. The molecule has 0 radical (unpaired) electrons. The highest BCUT2D eigenvalue weighted by Gasteiger charge is 2.20. The number of nitrogens with zero attached hydrogens (tertiary/aromatic N) is 2. The fourth-order valence-electron chi connectivity index (χ4n) is 10.3. The van der Waals surface area contributed by atoms with E-state index < -0.39 is 0 Å². The van der Waals surface area contributed by atoms with Crippen molar-refractivity contribution in [3.8, 4) is 44.5 Å². The zero-order valence-corrected chi connectivity index (χ0v) is 42.1. The predicted molar refractivity (Wildman–Crippen MR) is 322 cm³/mol. The van der Waals surface area contributed by atoms with E-state index in [4.69, 9.17) is 0 Å². The van der Waals surface area contributed by atoms with Crippen molar-refractivity contribution < 1.29 is 0 Å². The van der Waals surface area contributed by atoms with E-state index in [-0.39, 0.29) is 0 Å². The van der Waals surface area contributed by atoms with Gasteiger partial charge in [0.05, 0.1) is 0 Å². The van der Waals surface area contributed by atoms with Crippen LogP contribution in [0.15, 0.2) is 328 Å². The van der Waals surface area contributed by atoms with E-state index in [9.17, 15) is 0 Å². The van der Waals surface area contributed by atoms with Gasteiger partial charge in [0.15, 0.2) is 0 Å². The first-order chi connectivity index (χ1) is 37.7. The number of anilines is 6. The Morgan fingerprint density at radius 3 is 0.526 bits per heavy atom. The topological polar surface area (TPSA) is 6.48 Å². The van der Waals surface area contributed by atoms with Crippen molar-refractivity contribution in [2.24, 2.45) is 0 Å². The Labute approximate surface area is 447 Å². The molecule has 12 aromatic carbocycles. The highest BCUT2D eigenvalue weighted by atomic mass is 15.1. The molecular formula is C74H54N2. The zero-order valence-electron chi connectivity index (χ0n) is 42.1. The summed E-state index contributed by atoms with van der Waals surface area (Å²) in [5.41, 5.74) is 22.8. The van der Waals surface area contributed by atoms with Gasteiger partial charge < -0.3 is 9.80 Å². The molecule has 12 rings (SSSR count). The van der Waals surface area contributed by atoms with Crippen LogP contribution in [0.3, 0.4) is 0 Å². The molecule has 2 heteroatoms. The first-order valence-electron chi connectivity index (χ1n) is 26.0. The van der Waals surface area contributed by atoms with E-state index >= 15 is 0 Å². The van der Waals surface area contributed by atoms with Crippen LogP contribution in [0, 0.1) is 0 Å². The molecule has 0 spiro atoms. The van der Waals surface area contributed by atoms with E-state index in [0.29, 0.717) is 0 Å². The third-order valence-corrected chi connectivity index (χ3v) is 14.1. The molecule has 0 N–H and O–H groups in total. The average Bonchev–Trinajstić information content (AvgIpc) is 3.51. The highest BCUT2D eigenvalue weighted by Crippen LogP contribution is 2.43. The molecule has 0 atom stereocenters. The standard InChI is InChI=1S/C74H54N2/c1-7-19-55(20-8-1)57-31-35-59(36-32-57)61-39-43-63(44-40-61)73(64-45-41-62(42-46-64)60-37-33-58(34-38-60)56-21-9-2-10-22-56)74(65-47-51-71(52-48-65)75(67-23-11-3-12-24-67)68-25-13-4-14-26-68)66-49-53-72(54-50-66)76(69-27-15-5-16-28-69)70-29-17-6-18-30-70/h1-54H. The van der Waals surface area contributed by atoms with Gasteiger partial charge in [-0.1, -0.05) is 255 Å². The van der Waals surface area contributed by atoms with Crippen molar-refractivity contribution >= 4 is 45.3 Å². The Bertz CT molecular complexity index is 3470. The Morgan fingerprint density at radius 1 is 0.145 bits per heavy atom. The van der Waals surface area contributed by atoms with Crippen LogP contribution in [-0.4, -0.2) is 0 Å². The van der Waals surface area contributed by atoms with Gasteiger partial charge in [0.25, 0.3) is 0 Å². The van der Waals surface area contributed by atoms with Gasteiger partial charge in [0.2, 0.25) is 0 Å². The second-order valence-corrected chi connectivity index (χ2v) is 18.9. The lowest BCUT2D eigenvalue weighted by Crippen LogP contribution is -2.10. The minimum atomic E-state index is 1.07. The van der Waals surface area contributed by atoms with Crippen molar-refractivity contribution in [3.05, 3.63) is 350 Å². The summed E-state index contributed by atoms with van der Waals surface area (Å²) in [5.74, 6) is 0. The Kier molecular flexibility index (Phi) is 13.6. The molecule has 0 unspecified atom stereocenters. The smallest absolute Gasteiger partial charge is 0.0462 e. The molecule has 0 heterocycles. The van der Waals surface area contributed by atoms with Crippen LogP contribution in [0.2, 0.25) is 0 Å². The maximum absolute atomic E-state index is 2.32. The van der Waals surface area contributed by atoms with Crippen LogP contribution in [0.1, 0.15) is 22.3 Å². The van der Waals surface area contributed by atoms with Crippen LogP contribution in [0.5, 0.6) is 0 Å². The molecule has 0 aliphatic carbocycles. The lowest BCUT2D eigenvalue weighted by atomic mass is 9.84. The second-order valence-electron chi connectivity index (χ2n) is 18.9. The van der Waals surface area contributed by atoms with Gasteiger partial charge in [-0.25, -0.2) is 0 Å². The summed E-state index contributed by atoms with van der Waals surface area (Å²) in [6.45, 7) is 0. The monoisotopic (exact) mass is 970 g/mol. The quantitative estimate of drug-likeness (QED) is 0.100. The summed E-state index contributed by atoms with van der Waals surface area (Å²) in [5, 5.41) is 0. The van der Waals surface area contributed by atoms with Gasteiger partial charge in [0.1, 0.15) is 0 Å². The molecule has 0 aromatic heterocycles.